The molecule has 6 nitrogen and oxygen atoms in total. The normalized spacial score (nSPS) is 10.8. The molecule has 2 aromatic carbocycles. The predicted octanol–water partition coefficient (Wildman–Crippen LogP) is 4.77. The Morgan fingerprint density at radius 3 is 2.61 bits per heavy atom. The van der Waals surface area contributed by atoms with Crippen molar-refractivity contribution >= 4 is 34.7 Å². The summed E-state index contributed by atoms with van der Waals surface area (Å²) in [6.45, 7) is 4.22. The van der Waals surface area contributed by atoms with Gasteiger partial charge in [0.25, 0.3) is 11.5 Å². The van der Waals surface area contributed by atoms with Gasteiger partial charge in [0.15, 0.2) is 4.34 Å². The third kappa shape index (κ3) is 5.28. The molecule has 0 saturated heterocycles. The predicted molar refractivity (Wildman–Crippen MR) is 124 cm³/mol. The summed E-state index contributed by atoms with van der Waals surface area (Å²) < 4.78 is 2.28. The molecule has 1 amide bonds. The van der Waals surface area contributed by atoms with E-state index in [9.17, 15) is 9.59 Å². The van der Waals surface area contributed by atoms with E-state index in [-0.39, 0.29) is 17.2 Å². The van der Waals surface area contributed by atoms with E-state index in [1.807, 2.05) is 67.8 Å². The van der Waals surface area contributed by atoms with Crippen LogP contribution in [0.15, 0.2) is 80.1 Å². The molecule has 2 aromatic heterocycles. The standard InChI is InChI=1S/C23H20N4O2S2/c1-15-12-18(31-23-24-16(2)14-30-23)8-9-19(15)25-22(29)20-10-11-21(28)27(26-20)13-17-6-4-3-5-7-17/h3-12,14H,13H2,1-2H3,(H,25,29). The first-order chi connectivity index (χ1) is 15.0. The lowest BCUT2D eigenvalue weighted by Crippen LogP contribution is -2.26. The Morgan fingerprint density at radius 1 is 1.10 bits per heavy atom. The Balaban J connectivity index is 1.49. The molecule has 31 heavy (non-hydrogen) atoms. The summed E-state index contributed by atoms with van der Waals surface area (Å²) in [5.41, 5.74) is 3.52. The van der Waals surface area contributed by atoms with Crippen molar-refractivity contribution in [2.75, 3.05) is 5.32 Å². The average Bonchev–Trinajstić information content (AvgIpc) is 3.17. The molecular formula is C23H20N4O2S2. The van der Waals surface area contributed by atoms with Crippen LogP contribution in [0.25, 0.3) is 0 Å². The zero-order chi connectivity index (χ0) is 21.8. The van der Waals surface area contributed by atoms with E-state index in [2.05, 4.69) is 15.4 Å². The molecule has 0 saturated carbocycles. The van der Waals surface area contributed by atoms with Crippen LogP contribution < -0.4 is 10.9 Å². The third-order valence-electron chi connectivity index (χ3n) is 4.52. The molecule has 156 valence electrons. The zero-order valence-electron chi connectivity index (χ0n) is 17.0. The summed E-state index contributed by atoms with van der Waals surface area (Å²) in [5.74, 6) is -0.360. The molecule has 0 fully saturated rings. The largest absolute Gasteiger partial charge is 0.320 e. The molecule has 0 radical (unpaired) electrons. The number of thiazole rings is 1. The first-order valence-corrected chi connectivity index (χ1v) is 11.3. The fourth-order valence-corrected chi connectivity index (χ4v) is 4.86. The SMILES string of the molecule is Cc1csc(Sc2ccc(NC(=O)c3ccc(=O)n(Cc4ccccc4)n3)c(C)c2)n1. The topological polar surface area (TPSA) is 76.9 Å². The number of nitrogens with zero attached hydrogens (tertiary/aromatic N) is 3. The van der Waals surface area contributed by atoms with Gasteiger partial charge in [-0.3, -0.25) is 9.59 Å². The zero-order valence-corrected chi connectivity index (χ0v) is 18.7. The highest BCUT2D eigenvalue weighted by atomic mass is 32.2. The van der Waals surface area contributed by atoms with Crippen LogP contribution in [-0.2, 0) is 6.54 Å². The second-order valence-corrected chi connectivity index (χ2v) is 9.17. The van der Waals surface area contributed by atoms with E-state index in [0.717, 1.165) is 26.1 Å². The Bertz CT molecular complexity index is 1280. The van der Waals surface area contributed by atoms with Gasteiger partial charge in [-0.15, -0.1) is 11.3 Å². The molecule has 0 bridgehead atoms. The van der Waals surface area contributed by atoms with Crippen molar-refractivity contribution in [2.45, 2.75) is 29.6 Å². The Hall–Kier alpha value is -3.23. The van der Waals surface area contributed by atoms with Crippen LogP contribution in [0.1, 0.15) is 27.3 Å². The number of rotatable bonds is 6. The fraction of sp³-hybridized carbons (Fsp3) is 0.130. The van der Waals surface area contributed by atoms with E-state index in [1.165, 1.54) is 16.8 Å². The van der Waals surface area contributed by atoms with Gasteiger partial charge in [-0.25, -0.2) is 9.67 Å². The number of aryl methyl sites for hydroxylation is 2. The maximum absolute atomic E-state index is 12.8. The molecule has 0 aliphatic heterocycles. The van der Waals surface area contributed by atoms with Gasteiger partial charge < -0.3 is 5.32 Å². The molecule has 2 heterocycles. The summed E-state index contributed by atoms with van der Waals surface area (Å²) in [6.07, 6.45) is 0. The summed E-state index contributed by atoms with van der Waals surface area (Å²) in [6, 6.07) is 18.2. The molecule has 0 spiro atoms. The van der Waals surface area contributed by atoms with E-state index in [4.69, 9.17) is 0 Å². The highest BCUT2D eigenvalue weighted by Crippen LogP contribution is 2.32. The van der Waals surface area contributed by atoms with Gasteiger partial charge in [0, 0.05) is 27.7 Å². The van der Waals surface area contributed by atoms with E-state index >= 15 is 0 Å². The van der Waals surface area contributed by atoms with E-state index in [0.29, 0.717) is 12.2 Å². The first-order valence-electron chi connectivity index (χ1n) is 9.62. The van der Waals surface area contributed by atoms with Gasteiger partial charge >= 0.3 is 0 Å². The average molecular weight is 449 g/mol. The van der Waals surface area contributed by atoms with Gasteiger partial charge in [0.1, 0.15) is 5.69 Å². The number of anilines is 1. The van der Waals surface area contributed by atoms with Crippen LogP contribution in [0.5, 0.6) is 0 Å². The second-order valence-electron chi connectivity index (χ2n) is 6.99. The lowest BCUT2D eigenvalue weighted by molar-refractivity contribution is 0.102. The van der Waals surface area contributed by atoms with Crippen molar-refractivity contribution < 1.29 is 4.79 Å². The van der Waals surface area contributed by atoms with Crippen LogP contribution in [0.4, 0.5) is 5.69 Å². The number of carbonyl (C=O) groups excluding carboxylic acids is 1. The maximum atomic E-state index is 12.8. The van der Waals surface area contributed by atoms with Crippen LogP contribution in [0.2, 0.25) is 0 Å². The highest BCUT2D eigenvalue weighted by Gasteiger charge is 2.12. The monoisotopic (exact) mass is 448 g/mol. The minimum atomic E-state index is -0.360. The molecule has 8 heteroatoms. The molecule has 4 aromatic rings. The van der Waals surface area contributed by atoms with Gasteiger partial charge in [-0.05, 0) is 49.2 Å². The first kappa shape index (κ1) is 21.0. The third-order valence-corrected chi connectivity index (χ3v) is 6.57. The highest BCUT2D eigenvalue weighted by molar-refractivity contribution is 8.01. The number of aromatic nitrogens is 3. The summed E-state index contributed by atoms with van der Waals surface area (Å²) in [7, 11) is 0. The van der Waals surface area contributed by atoms with Crippen LogP contribution >= 0.6 is 23.1 Å². The van der Waals surface area contributed by atoms with Crippen molar-refractivity contribution in [3.05, 3.63) is 98.9 Å². The van der Waals surface area contributed by atoms with Gasteiger partial charge in [-0.2, -0.15) is 5.10 Å². The Labute approximate surface area is 188 Å². The minimum Gasteiger partial charge on any atom is -0.320 e. The van der Waals surface area contributed by atoms with Crippen molar-refractivity contribution in [2.24, 2.45) is 0 Å². The van der Waals surface area contributed by atoms with Gasteiger partial charge in [-0.1, -0.05) is 42.1 Å². The Kier molecular flexibility index (Phi) is 6.29. The van der Waals surface area contributed by atoms with Crippen molar-refractivity contribution in [3.8, 4) is 0 Å². The van der Waals surface area contributed by atoms with Crippen LogP contribution in [0, 0.1) is 13.8 Å². The minimum absolute atomic E-state index is 0.187. The summed E-state index contributed by atoms with van der Waals surface area (Å²) >= 11 is 3.21. The van der Waals surface area contributed by atoms with Crippen LogP contribution in [-0.4, -0.2) is 20.7 Å². The molecule has 4 rings (SSSR count). The van der Waals surface area contributed by atoms with Crippen molar-refractivity contribution in [3.63, 3.8) is 0 Å². The summed E-state index contributed by atoms with van der Waals surface area (Å²) in [5, 5.41) is 9.17. The van der Waals surface area contributed by atoms with Gasteiger partial charge in [0.05, 0.1) is 6.54 Å². The molecular weight excluding hydrogens is 428 g/mol. The number of carbonyl (C=O) groups is 1. The molecule has 0 unspecified atom stereocenters. The maximum Gasteiger partial charge on any atom is 0.276 e. The molecule has 1 N–H and O–H groups in total. The number of nitrogens with one attached hydrogen (secondary N) is 1. The van der Waals surface area contributed by atoms with Gasteiger partial charge in [0.2, 0.25) is 0 Å². The molecule has 0 atom stereocenters. The van der Waals surface area contributed by atoms with E-state index in [1.54, 1.807) is 23.1 Å². The van der Waals surface area contributed by atoms with E-state index < -0.39 is 0 Å². The Morgan fingerprint density at radius 2 is 1.90 bits per heavy atom. The smallest absolute Gasteiger partial charge is 0.276 e. The second kappa shape index (κ2) is 9.28. The number of hydrogen-bond donors (Lipinski definition) is 1. The van der Waals surface area contributed by atoms with Crippen LogP contribution in [0.3, 0.4) is 0 Å². The lowest BCUT2D eigenvalue weighted by atomic mass is 10.2. The number of benzene rings is 2. The quantitative estimate of drug-likeness (QED) is 0.460. The lowest BCUT2D eigenvalue weighted by Gasteiger charge is -2.11. The molecule has 0 aliphatic carbocycles. The molecule has 0 aliphatic rings. The van der Waals surface area contributed by atoms with Crippen molar-refractivity contribution in [1.29, 1.82) is 0 Å². The fourth-order valence-electron chi connectivity index (χ4n) is 2.95. The number of hydrogen-bond acceptors (Lipinski definition) is 6. The summed E-state index contributed by atoms with van der Waals surface area (Å²) in [4.78, 5) is 30.4. The number of amides is 1. The van der Waals surface area contributed by atoms with Crippen molar-refractivity contribution in [1.82, 2.24) is 14.8 Å².